The van der Waals surface area contributed by atoms with Crippen LogP contribution in [0.5, 0.6) is 0 Å². The maximum absolute atomic E-state index is 11.1. The second-order valence-corrected chi connectivity index (χ2v) is 4.76. The molecule has 0 amide bonds. The lowest BCUT2D eigenvalue weighted by molar-refractivity contribution is 0.463. The van der Waals surface area contributed by atoms with Crippen LogP contribution in [0.15, 0.2) is 29.2 Å². The fourth-order valence-electron chi connectivity index (χ4n) is 1.80. The summed E-state index contributed by atoms with van der Waals surface area (Å²) >= 11 is 0. The van der Waals surface area contributed by atoms with Crippen molar-refractivity contribution >= 4 is 21.0 Å². The minimum absolute atomic E-state index is 0.111. The Labute approximate surface area is 87.9 Å². The Kier molecular flexibility index (Phi) is 2.09. The third-order valence-corrected chi connectivity index (χ3v) is 3.61. The first-order valence-corrected chi connectivity index (χ1v) is 5.83. The van der Waals surface area contributed by atoms with Crippen LogP contribution in [0.25, 0.3) is 10.9 Å². The van der Waals surface area contributed by atoms with Crippen molar-refractivity contribution in [2.24, 2.45) is 7.05 Å². The predicted molar refractivity (Wildman–Crippen MR) is 55.6 cm³/mol. The van der Waals surface area contributed by atoms with Gasteiger partial charge in [0.1, 0.15) is 10.1 Å². The van der Waals surface area contributed by atoms with Gasteiger partial charge >= 0.3 is 0 Å². The van der Waals surface area contributed by atoms with Gasteiger partial charge in [0.05, 0.1) is 4.90 Å². The van der Waals surface area contributed by atoms with Gasteiger partial charge in [-0.2, -0.15) is 0 Å². The quantitative estimate of drug-likeness (QED) is 0.688. The summed E-state index contributed by atoms with van der Waals surface area (Å²) in [6, 6.07) is 6.96. The minimum Gasteiger partial charge on any atom is -0.744 e. The van der Waals surface area contributed by atoms with Crippen LogP contribution in [0.2, 0.25) is 0 Å². The second kappa shape index (κ2) is 3.08. The van der Waals surface area contributed by atoms with E-state index < -0.39 is 10.1 Å². The van der Waals surface area contributed by atoms with Crippen molar-refractivity contribution in [3.8, 4) is 0 Å². The van der Waals surface area contributed by atoms with Gasteiger partial charge in [-0.05, 0) is 13.0 Å². The molecule has 0 radical (unpaired) electrons. The zero-order valence-electron chi connectivity index (χ0n) is 8.39. The highest BCUT2D eigenvalue weighted by Crippen LogP contribution is 2.28. The summed E-state index contributed by atoms with van der Waals surface area (Å²) < 4.78 is 35.0. The van der Waals surface area contributed by atoms with Crippen LogP contribution in [0.1, 0.15) is 5.69 Å². The number of aromatic nitrogens is 1. The van der Waals surface area contributed by atoms with Crippen LogP contribution in [-0.2, 0) is 17.2 Å². The van der Waals surface area contributed by atoms with Crippen molar-refractivity contribution in [1.82, 2.24) is 4.57 Å². The van der Waals surface area contributed by atoms with Gasteiger partial charge in [0.2, 0.25) is 0 Å². The molecule has 0 atom stereocenters. The highest BCUT2D eigenvalue weighted by Gasteiger charge is 2.15. The Hall–Kier alpha value is -1.33. The Balaban J connectivity index is 3.03. The molecule has 0 N–H and O–H groups in total. The molecule has 1 aromatic heterocycles. The fourth-order valence-corrected chi connectivity index (χ4v) is 2.74. The zero-order chi connectivity index (χ0) is 11.2. The van der Waals surface area contributed by atoms with Crippen molar-refractivity contribution in [2.75, 3.05) is 0 Å². The van der Waals surface area contributed by atoms with E-state index in [4.69, 9.17) is 0 Å². The molecule has 2 rings (SSSR count). The Morgan fingerprint density at radius 1 is 1.27 bits per heavy atom. The summed E-state index contributed by atoms with van der Waals surface area (Å²) in [5.41, 5.74) is 1.23. The van der Waals surface area contributed by atoms with Crippen LogP contribution in [0.4, 0.5) is 0 Å². The van der Waals surface area contributed by atoms with E-state index in [1.165, 1.54) is 0 Å². The number of nitrogens with zero attached hydrogens (tertiary/aromatic N) is 1. The zero-order valence-corrected chi connectivity index (χ0v) is 9.21. The first-order valence-electron chi connectivity index (χ1n) is 4.43. The molecule has 0 bridgehead atoms. The molecule has 5 heteroatoms. The normalized spacial score (nSPS) is 12.2. The predicted octanol–water partition coefficient (Wildman–Crippen LogP) is 1.39. The Morgan fingerprint density at radius 3 is 2.47 bits per heavy atom. The standard InChI is InChI=1S/C10H11NO3S/c1-7-10(15(12,13)14)8-5-3-4-6-9(8)11(7)2/h3-6H,1-2H3,(H,12,13,14)/p-1. The molecule has 4 nitrogen and oxygen atoms in total. The molecule has 0 saturated heterocycles. The third-order valence-electron chi connectivity index (χ3n) is 2.59. The molecule has 15 heavy (non-hydrogen) atoms. The fraction of sp³-hybridized carbons (Fsp3) is 0.200. The van der Waals surface area contributed by atoms with E-state index in [1.54, 1.807) is 36.7 Å². The van der Waals surface area contributed by atoms with E-state index in [1.807, 2.05) is 6.07 Å². The molecular weight excluding hydrogens is 214 g/mol. The van der Waals surface area contributed by atoms with Crippen molar-refractivity contribution in [3.05, 3.63) is 30.0 Å². The molecule has 0 fully saturated rings. The average molecular weight is 224 g/mol. The monoisotopic (exact) mass is 224 g/mol. The summed E-state index contributed by atoms with van der Waals surface area (Å²) in [7, 11) is -2.67. The number of fused-ring (bicyclic) bond motifs is 1. The van der Waals surface area contributed by atoms with Crippen molar-refractivity contribution in [1.29, 1.82) is 0 Å². The average Bonchev–Trinajstić information content (AvgIpc) is 2.39. The van der Waals surface area contributed by atoms with E-state index in [9.17, 15) is 13.0 Å². The molecule has 0 aliphatic carbocycles. The molecular formula is C10H10NO3S-. The first-order chi connectivity index (χ1) is 6.93. The maximum Gasteiger partial charge on any atom is 0.126 e. The highest BCUT2D eigenvalue weighted by atomic mass is 32.2. The Bertz CT molecular complexity index is 625. The second-order valence-electron chi connectivity index (χ2n) is 3.44. The summed E-state index contributed by atoms with van der Waals surface area (Å²) in [4.78, 5) is -0.111. The molecule has 0 unspecified atom stereocenters. The Morgan fingerprint density at radius 2 is 1.87 bits per heavy atom. The van der Waals surface area contributed by atoms with Crippen LogP contribution in [0, 0.1) is 6.92 Å². The van der Waals surface area contributed by atoms with E-state index in [2.05, 4.69) is 0 Å². The van der Waals surface area contributed by atoms with Gasteiger partial charge in [-0.3, -0.25) is 0 Å². The molecule has 1 heterocycles. The van der Waals surface area contributed by atoms with Gasteiger partial charge in [0, 0.05) is 23.6 Å². The molecule has 0 aliphatic rings. The number of para-hydroxylation sites is 1. The first kappa shape index (κ1) is 10.2. The lowest BCUT2D eigenvalue weighted by Crippen LogP contribution is -2.01. The summed E-state index contributed by atoms with van der Waals surface area (Å²) in [6.07, 6.45) is 0. The van der Waals surface area contributed by atoms with Gasteiger partial charge in [-0.15, -0.1) is 0 Å². The van der Waals surface area contributed by atoms with Gasteiger partial charge in [-0.1, -0.05) is 18.2 Å². The molecule has 0 spiro atoms. The van der Waals surface area contributed by atoms with Gasteiger partial charge in [-0.25, -0.2) is 8.42 Å². The van der Waals surface area contributed by atoms with Crippen molar-refractivity contribution in [3.63, 3.8) is 0 Å². The van der Waals surface area contributed by atoms with Gasteiger partial charge < -0.3 is 9.12 Å². The summed E-state index contributed by atoms with van der Waals surface area (Å²) in [6.45, 7) is 1.63. The molecule has 1 aromatic carbocycles. The van der Waals surface area contributed by atoms with Crippen LogP contribution in [-0.4, -0.2) is 17.5 Å². The topological polar surface area (TPSA) is 62.1 Å². The highest BCUT2D eigenvalue weighted by molar-refractivity contribution is 7.86. The molecule has 0 aliphatic heterocycles. The lowest BCUT2D eigenvalue weighted by Gasteiger charge is -2.06. The third kappa shape index (κ3) is 1.44. The minimum atomic E-state index is -4.41. The van der Waals surface area contributed by atoms with Crippen LogP contribution in [0.3, 0.4) is 0 Å². The smallest absolute Gasteiger partial charge is 0.126 e. The van der Waals surface area contributed by atoms with E-state index >= 15 is 0 Å². The van der Waals surface area contributed by atoms with Crippen LogP contribution >= 0.6 is 0 Å². The van der Waals surface area contributed by atoms with Crippen molar-refractivity contribution < 1.29 is 13.0 Å². The molecule has 0 saturated carbocycles. The maximum atomic E-state index is 11.1. The largest absolute Gasteiger partial charge is 0.744 e. The summed E-state index contributed by atoms with van der Waals surface area (Å²) in [5, 5.41) is 0.493. The summed E-state index contributed by atoms with van der Waals surface area (Å²) in [5.74, 6) is 0. The van der Waals surface area contributed by atoms with Gasteiger partial charge in [0.15, 0.2) is 0 Å². The van der Waals surface area contributed by atoms with Gasteiger partial charge in [0.25, 0.3) is 0 Å². The number of rotatable bonds is 1. The number of hydrogen-bond donors (Lipinski definition) is 0. The van der Waals surface area contributed by atoms with Crippen LogP contribution < -0.4 is 0 Å². The van der Waals surface area contributed by atoms with E-state index in [0.717, 1.165) is 5.52 Å². The number of hydrogen-bond acceptors (Lipinski definition) is 3. The van der Waals surface area contributed by atoms with Crippen molar-refractivity contribution in [2.45, 2.75) is 11.8 Å². The number of aryl methyl sites for hydroxylation is 1. The van der Waals surface area contributed by atoms with E-state index in [0.29, 0.717) is 11.1 Å². The SMILES string of the molecule is Cc1c(S(=O)(=O)[O-])c2ccccc2n1C. The van der Waals surface area contributed by atoms with E-state index in [-0.39, 0.29) is 4.90 Å². The molecule has 80 valence electrons. The molecule has 2 aromatic rings. The number of benzene rings is 1. The lowest BCUT2D eigenvalue weighted by atomic mass is 10.2.